The fraction of sp³-hybridized carbons (Fsp3) is 0.261. The minimum absolute atomic E-state index is 0.165. The molecule has 138 valence electrons. The van der Waals surface area contributed by atoms with Crippen LogP contribution in [0.3, 0.4) is 0 Å². The lowest BCUT2D eigenvalue weighted by molar-refractivity contribution is 0.0946. The predicted molar refractivity (Wildman–Crippen MR) is 109 cm³/mol. The van der Waals surface area contributed by atoms with Crippen LogP contribution in [0.25, 0.3) is 17.0 Å². The highest BCUT2D eigenvalue weighted by molar-refractivity contribution is 5.86. The van der Waals surface area contributed by atoms with Crippen molar-refractivity contribution in [3.8, 4) is 0 Å². The largest absolute Gasteiger partial charge is 0.450 e. The van der Waals surface area contributed by atoms with Crippen molar-refractivity contribution >= 4 is 23.1 Å². The summed E-state index contributed by atoms with van der Waals surface area (Å²) in [6.45, 7) is 4.95. The van der Waals surface area contributed by atoms with Gasteiger partial charge in [0, 0.05) is 23.1 Å². The van der Waals surface area contributed by atoms with Crippen LogP contribution < -0.4 is 0 Å². The maximum Gasteiger partial charge on any atom is 0.410 e. The second-order valence-electron chi connectivity index (χ2n) is 6.92. The number of fused-ring (bicyclic) bond motifs is 3. The molecule has 0 radical (unpaired) electrons. The quantitative estimate of drug-likeness (QED) is 0.694. The van der Waals surface area contributed by atoms with Crippen molar-refractivity contribution in [2.75, 3.05) is 13.2 Å². The number of benzene rings is 2. The third-order valence-electron chi connectivity index (χ3n) is 5.13. The lowest BCUT2D eigenvalue weighted by Crippen LogP contribution is -2.39. The van der Waals surface area contributed by atoms with E-state index in [4.69, 9.17) is 4.74 Å². The van der Waals surface area contributed by atoms with Crippen LogP contribution >= 0.6 is 0 Å². The van der Waals surface area contributed by atoms with E-state index in [9.17, 15) is 4.79 Å². The van der Waals surface area contributed by atoms with Crippen molar-refractivity contribution in [2.45, 2.75) is 26.3 Å². The van der Waals surface area contributed by atoms with Gasteiger partial charge in [0.05, 0.1) is 12.6 Å². The van der Waals surface area contributed by atoms with E-state index in [1.807, 2.05) is 17.9 Å². The maximum absolute atomic E-state index is 12.5. The van der Waals surface area contributed by atoms with Gasteiger partial charge in [-0.15, -0.1) is 0 Å². The third kappa shape index (κ3) is 3.35. The SMILES string of the molecule is CCOC(=O)N1CCc2c([nH]c3ccccc23)[C@H]1/C=C/c1ccc(C)cc1. The van der Waals surface area contributed by atoms with E-state index in [1.165, 1.54) is 16.5 Å². The minimum atomic E-state index is -0.264. The van der Waals surface area contributed by atoms with Gasteiger partial charge >= 0.3 is 6.09 Å². The van der Waals surface area contributed by atoms with Gasteiger partial charge in [-0.1, -0.05) is 60.2 Å². The molecule has 4 heteroatoms. The first-order chi connectivity index (χ1) is 13.2. The number of carbonyl (C=O) groups excluding carboxylic acids is 1. The highest BCUT2D eigenvalue weighted by Gasteiger charge is 2.32. The number of nitrogens with zero attached hydrogens (tertiary/aromatic N) is 1. The summed E-state index contributed by atoms with van der Waals surface area (Å²) in [6.07, 6.45) is 4.74. The Kier molecular flexibility index (Phi) is 4.71. The molecule has 3 aromatic rings. The van der Waals surface area contributed by atoms with Crippen molar-refractivity contribution in [1.82, 2.24) is 9.88 Å². The Balaban J connectivity index is 1.75. The van der Waals surface area contributed by atoms with Gasteiger partial charge in [0.15, 0.2) is 0 Å². The van der Waals surface area contributed by atoms with Crippen LogP contribution in [0.1, 0.15) is 35.3 Å². The monoisotopic (exact) mass is 360 g/mol. The number of para-hydroxylation sites is 1. The van der Waals surface area contributed by atoms with E-state index >= 15 is 0 Å². The molecule has 0 saturated carbocycles. The van der Waals surface area contributed by atoms with Gasteiger partial charge in [-0.2, -0.15) is 0 Å². The molecule has 1 aromatic heterocycles. The zero-order valence-electron chi connectivity index (χ0n) is 15.7. The first kappa shape index (κ1) is 17.4. The fourth-order valence-electron chi connectivity index (χ4n) is 3.76. The van der Waals surface area contributed by atoms with E-state index in [0.29, 0.717) is 13.2 Å². The normalized spacial score (nSPS) is 16.7. The average Bonchev–Trinajstić information content (AvgIpc) is 3.06. The molecule has 1 N–H and O–H groups in total. The Morgan fingerprint density at radius 1 is 1.22 bits per heavy atom. The Bertz CT molecular complexity index is 985. The van der Waals surface area contributed by atoms with Crippen molar-refractivity contribution in [2.24, 2.45) is 0 Å². The molecule has 0 saturated heterocycles. The van der Waals surface area contributed by atoms with Crippen molar-refractivity contribution in [3.63, 3.8) is 0 Å². The molecular formula is C23H24N2O2. The van der Waals surface area contributed by atoms with Crippen molar-refractivity contribution < 1.29 is 9.53 Å². The second-order valence-corrected chi connectivity index (χ2v) is 6.92. The summed E-state index contributed by atoms with van der Waals surface area (Å²) in [4.78, 5) is 17.9. The van der Waals surface area contributed by atoms with Gasteiger partial charge < -0.3 is 9.72 Å². The summed E-state index contributed by atoms with van der Waals surface area (Å²) in [5, 5.41) is 1.24. The molecule has 1 aliphatic rings. The fourth-order valence-corrected chi connectivity index (χ4v) is 3.76. The predicted octanol–water partition coefficient (Wildman–Crippen LogP) is 5.25. The Hall–Kier alpha value is -3.01. The number of rotatable bonds is 3. The van der Waals surface area contributed by atoms with Gasteiger partial charge in [-0.25, -0.2) is 4.79 Å². The maximum atomic E-state index is 12.5. The summed E-state index contributed by atoms with van der Waals surface area (Å²) in [7, 11) is 0. The molecule has 0 aliphatic carbocycles. The second kappa shape index (κ2) is 7.31. The van der Waals surface area contributed by atoms with Crippen LogP contribution in [-0.2, 0) is 11.2 Å². The lowest BCUT2D eigenvalue weighted by Gasteiger charge is -2.33. The van der Waals surface area contributed by atoms with Gasteiger partial charge in [-0.05, 0) is 37.5 Å². The molecule has 0 spiro atoms. The molecule has 0 bridgehead atoms. The third-order valence-corrected chi connectivity index (χ3v) is 5.13. The number of aromatic nitrogens is 1. The molecule has 1 aliphatic heterocycles. The van der Waals surface area contributed by atoms with Crippen LogP contribution in [0.4, 0.5) is 4.79 Å². The summed E-state index contributed by atoms with van der Waals surface area (Å²) in [5.74, 6) is 0. The molecule has 0 unspecified atom stereocenters. The van der Waals surface area contributed by atoms with Crippen LogP contribution in [0.15, 0.2) is 54.6 Å². The van der Waals surface area contributed by atoms with Gasteiger partial charge in [-0.3, -0.25) is 4.90 Å². The zero-order chi connectivity index (χ0) is 18.8. The molecule has 4 rings (SSSR count). The summed E-state index contributed by atoms with van der Waals surface area (Å²) in [5.41, 5.74) is 5.84. The molecule has 4 nitrogen and oxygen atoms in total. The van der Waals surface area contributed by atoms with E-state index in [1.54, 1.807) is 0 Å². The van der Waals surface area contributed by atoms with Crippen molar-refractivity contribution in [1.29, 1.82) is 0 Å². The van der Waals surface area contributed by atoms with E-state index in [0.717, 1.165) is 23.2 Å². The minimum Gasteiger partial charge on any atom is -0.450 e. The zero-order valence-corrected chi connectivity index (χ0v) is 15.7. The van der Waals surface area contributed by atoms with E-state index in [-0.39, 0.29) is 12.1 Å². The molecule has 27 heavy (non-hydrogen) atoms. The molecule has 1 amide bonds. The first-order valence-corrected chi connectivity index (χ1v) is 9.45. The van der Waals surface area contributed by atoms with Gasteiger partial charge in [0.25, 0.3) is 0 Å². The molecule has 2 heterocycles. The molecule has 1 atom stereocenters. The smallest absolute Gasteiger partial charge is 0.410 e. The Morgan fingerprint density at radius 2 is 2.00 bits per heavy atom. The Morgan fingerprint density at radius 3 is 2.78 bits per heavy atom. The van der Waals surface area contributed by atoms with Crippen LogP contribution in [-0.4, -0.2) is 29.1 Å². The summed E-state index contributed by atoms with van der Waals surface area (Å²) in [6, 6.07) is 16.5. The first-order valence-electron chi connectivity index (χ1n) is 9.45. The van der Waals surface area contributed by atoms with Crippen LogP contribution in [0.2, 0.25) is 0 Å². The summed E-state index contributed by atoms with van der Waals surface area (Å²) < 4.78 is 5.31. The lowest BCUT2D eigenvalue weighted by atomic mass is 9.97. The molecule has 2 aromatic carbocycles. The number of hydrogen-bond acceptors (Lipinski definition) is 2. The Labute approximate surface area is 159 Å². The van der Waals surface area contributed by atoms with Crippen LogP contribution in [0, 0.1) is 6.92 Å². The average molecular weight is 360 g/mol. The summed E-state index contributed by atoms with van der Waals surface area (Å²) >= 11 is 0. The highest BCUT2D eigenvalue weighted by Crippen LogP contribution is 2.36. The number of ether oxygens (including phenoxy) is 1. The molecular weight excluding hydrogens is 336 g/mol. The van der Waals surface area contributed by atoms with Crippen LogP contribution in [0.5, 0.6) is 0 Å². The number of carbonyl (C=O) groups is 1. The number of aryl methyl sites for hydroxylation is 1. The number of H-pyrrole nitrogens is 1. The number of nitrogens with one attached hydrogen (secondary N) is 1. The van der Waals surface area contributed by atoms with Crippen molar-refractivity contribution in [3.05, 3.63) is 77.0 Å². The van der Waals surface area contributed by atoms with E-state index < -0.39 is 0 Å². The van der Waals surface area contributed by atoms with Gasteiger partial charge in [0.1, 0.15) is 0 Å². The molecule has 0 fully saturated rings. The topological polar surface area (TPSA) is 45.3 Å². The highest BCUT2D eigenvalue weighted by atomic mass is 16.6. The van der Waals surface area contributed by atoms with Gasteiger partial charge in [0.2, 0.25) is 0 Å². The number of hydrogen-bond donors (Lipinski definition) is 1. The number of amides is 1. The van der Waals surface area contributed by atoms with E-state index in [2.05, 4.69) is 66.5 Å². The standard InChI is InChI=1S/C23H24N2O2/c1-3-27-23(26)25-15-14-19-18-6-4-5-7-20(18)24-22(19)21(25)13-12-17-10-8-16(2)9-11-17/h4-13,21,24H,3,14-15H2,1-2H3/b13-12+/t21-/m1/s1. The number of aromatic amines is 1.